The fourth-order valence-corrected chi connectivity index (χ4v) is 1.71. The van der Waals surface area contributed by atoms with Crippen LogP contribution in [0.15, 0.2) is 0 Å². The normalized spacial score (nSPS) is 21.6. The lowest BCUT2D eigenvalue weighted by Gasteiger charge is -2.38. The highest BCUT2D eigenvalue weighted by molar-refractivity contribution is 5.78. The van der Waals surface area contributed by atoms with Gasteiger partial charge in [-0.05, 0) is 6.92 Å². The van der Waals surface area contributed by atoms with Crippen LogP contribution in [0.5, 0.6) is 0 Å². The van der Waals surface area contributed by atoms with E-state index in [0.29, 0.717) is 19.6 Å². The van der Waals surface area contributed by atoms with Gasteiger partial charge in [0.1, 0.15) is 6.61 Å². The maximum absolute atomic E-state index is 11.5. The third kappa shape index (κ3) is 2.82. The molecule has 0 spiro atoms. The second-order valence-electron chi connectivity index (χ2n) is 3.60. The molecule has 0 aromatic rings. The number of amides is 2. The molecule has 1 N–H and O–H groups in total. The first-order valence-electron chi connectivity index (χ1n) is 4.82. The smallest absolute Gasteiger partial charge is 0.407 e. The summed E-state index contributed by atoms with van der Waals surface area (Å²) >= 11 is 0. The number of piperazine rings is 1. The molecule has 6 heteroatoms. The number of hydrogen-bond donors (Lipinski definition) is 1. The standard InChI is InChI=1S/C9H16N2O4/c1-7-5-10(9(13)14)3-4-11(7)8(12)6-15-2/h7H,3-6H2,1-2H3,(H,13,14)/t7-/m0/s1. The summed E-state index contributed by atoms with van der Waals surface area (Å²) in [5.74, 6) is -0.0879. The Morgan fingerprint density at radius 2 is 2.13 bits per heavy atom. The van der Waals surface area contributed by atoms with Gasteiger partial charge >= 0.3 is 6.09 Å². The van der Waals surface area contributed by atoms with Crippen LogP contribution in [0.3, 0.4) is 0 Å². The van der Waals surface area contributed by atoms with Crippen LogP contribution in [0.25, 0.3) is 0 Å². The molecule has 1 heterocycles. The van der Waals surface area contributed by atoms with Crippen LogP contribution >= 0.6 is 0 Å². The Labute approximate surface area is 88.4 Å². The Kier molecular flexibility index (Phi) is 3.90. The van der Waals surface area contributed by atoms with Crippen molar-refractivity contribution in [2.75, 3.05) is 33.4 Å². The highest BCUT2D eigenvalue weighted by Gasteiger charge is 2.29. The van der Waals surface area contributed by atoms with E-state index in [1.807, 2.05) is 6.92 Å². The van der Waals surface area contributed by atoms with Crippen molar-refractivity contribution in [3.05, 3.63) is 0 Å². The van der Waals surface area contributed by atoms with E-state index in [-0.39, 0.29) is 18.6 Å². The van der Waals surface area contributed by atoms with Gasteiger partial charge in [-0.3, -0.25) is 4.79 Å². The molecule has 1 fully saturated rings. The van der Waals surface area contributed by atoms with Crippen LogP contribution in [0.1, 0.15) is 6.92 Å². The van der Waals surface area contributed by atoms with E-state index >= 15 is 0 Å². The van der Waals surface area contributed by atoms with Gasteiger partial charge in [-0.25, -0.2) is 4.79 Å². The van der Waals surface area contributed by atoms with Gasteiger partial charge in [-0.15, -0.1) is 0 Å². The molecule has 0 bridgehead atoms. The van der Waals surface area contributed by atoms with E-state index in [0.717, 1.165) is 0 Å². The zero-order valence-corrected chi connectivity index (χ0v) is 8.97. The van der Waals surface area contributed by atoms with Gasteiger partial charge in [-0.2, -0.15) is 0 Å². The van der Waals surface area contributed by atoms with Gasteiger partial charge in [0.25, 0.3) is 0 Å². The zero-order valence-electron chi connectivity index (χ0n) is 8.97. The van der Waals surface area contributed by atoms with E-state index < -0.39 is 6.09 Å². The quantitative estimate of drug-likeness (QED) is 0.696. The van der Waals surface area contributed by atoms with Crippen molar-refractivity contribution in [2.24, 2.45) is 0 Å². The highest BCUT2D eigenvalue weighted by atomic mass is 16.5. The van der Waals surface area contributed by atoms with Crippen molar-refractivity contribution < 1.29 is 19.4 Å². The van der Waals surface area contributed by atoms with Gasteiger partial charge in [0.2, 0.25) is 5.91 Å². The van der Waals surface area contributed by atoms with Crippen LogP contribution in [0.4, 0.5) is 4.79 Å². The molecule has 0 radical (unpaired) electrons. The van der Waals surface area contributed by atoms with Gasteiger partial charge in [0.15, 0.2) is 0 Å². The van der Waals surface area contributed by atoms with E-state index in [9.17, 15) is 9.59 Å². The summed E-state index contributed by atoms with van der Waals surface area (Å²) < 4.78 is 4.76. The molecule has 6 nitrogen and oxygen atoms in total. The maximum atomic E-state index is 11.5. The Morgan fingerprint density at radius 1 is 1.47 bits per heavy atom. The first-order valence-corrected chi connectivity index (χ1v) is 4.82. The number of hydrogen-bond acceptors (Lipinski definition) is 3. The molecule has 0 aliphatic carbocycles. The van der Waals surface area contributed by atoms with Gasteiger partial charge in [-0.1, -0.05) is 0 Å². The predicted molar refractivity (Wildman–Crippen MR) is 52.6 cm³/mol. The Morgan fingerprint density at radius 3 is 2.60 bits per heavy atom. The second-order valence-corrected chi connectivity index (χ2v) is 3.60. The van der Waals surface area contributed by atoms with Crippen molar-refractivity contribution in [1.82, 2.24) is 9.80 Å². The lowest BCUT2D eigenvalue weighted by Crippen LogP contribution is -2.55. The third-order valence-corrected chi connectivity index (χ3v) is 2.49. The first kappa shape index (κ1) is 11.8. The number of carbonyl (C=O) groups excluding carboxylic acids is 1. The molecule has 86 valence electrons. The molecule has 0 unspecified atom stereocenters. The van der Waals surface area contributed by atoms with Crippen molar-refractivity contribution in [3.63, 3.8) is 0 Å². The van der Waals surface area contributed by atoms with Gasteiger partial charge in [0, 0.05) is 32.8 Å². The molecule has 15 heavy (non-hydrogen) atoms. The summed E-state index contributed by atoms with van der Waals surface area (Å²) in [6, 6.07) is -0.0856. The minimum atomic E-state index is -0.930. The summed E-state index contributed by atoms with van der Waals surface area (Å²) in [5, 5.41) is 8.78. The summed E-state index contributed by atoms with van der Waals surface area (Å²) in [6.07, 6.45) is -0.930. The fourth-order valence-electron chi connectivity index (χ4n) is 1.71. The largest absolute Gasteiger partial charge is 0.465 e. The molecule has 2 amide bonds. The van der Waals surface area contributed by atoms with Crippen molar-refractivity contribution in [1.29, 1.82) is 0 Å². The topological polar surface area (TPSA) is 70.1 Å². The van der Waals surface area contributed by atoms with Crippen LogP contribution in [0.2, 0.25) is 0 Å². The van der Waals surface area contributed by atoms with Crippen molar-refractivity contribution in [2.45, 2.75) is 13.0 Å². The fraction of sp³-hybridized carbons (Fsp3) is 0.778. The average molecular weight is 216 g/mol. The Bertz CT molecular complexity index is 256. The van der Waals surface area contributed by atoms with Crippen LogP contribution in [-0.4, -0.2) is 66.3 Å². The summed E-state index contributed by atoms with van der Waals surface area (Å²) in [6.45, 7) is 3.07. The molecule has 0 saturated carbocycles. The minimum Gasteiger partial charge on any atom is -0.465 e. The number of carboxylic acid groups (broad SMARTS) is 1. The van der Waals surface area contributed by atoms with Gasteiger partial charge < -0.3 is 19.6 Å². The molecular weight excluding hydrogens is 200 g/mol. The van der Waals surface area contributed by atoms with E-state index in [2.05, 4.69) is 0 Å². The number of rotatable bonds is 2. The van der Waals surface area contributed by atoms with Crippen LogP contribution in [-0.2, 0) is 9.53 Å². The second kappa shape index (κ2) is 4.97. The maximum Gasteiger partial charge on any atom is 0.407 e. The average Bonchev–Trinajstić information content (AvgIpc) is 2.17. The molecular formula is C9H16N2O4. The molecule has 1 aliphatic heterocycles. The number of ether oxygens (including phenoxy) is 1. The number of methoxy groups -OCH3 is 1. The number of nitrogens with zero attached hydrogens (tertiary/aromatic N) is 2. The summed E-state index contributed by atoms with van der Waals surface area (Å²) in [7, 11) is 1.47. The predicted octanol–water partition coefficient (Wildman–Crippen LogP) is -0.156. The van der Waals surface area contributed by atoms with E-state index in [4.69, 9.17) is 9.84 Å². The molecule has 1 atom stereocenters. The lowest BCUT2D eigenvalue weighted by atomic mass is 10.2. The Hall–Kier alpha value is -1.30. The zero-order chi connectivity index (χ0) is 11.4. The summed E-state index contributed by atoms with van der Waals surface area (Å²) in [5.41, 5.74) is 0. The molecule has 1 rings (SSSR count). The van der Waals surface area contributed by atoms with Crippen LogP contribution < -0.4 is 0 Å². The van der Waals surface area contributed by atoms with E-state index in [1.54, 1.807) is 4.90 Å². The van der Waals surface area contributed by atoms with Gasteiger partial charge in [0.05, 0.1) is 0 Å². The molecule has 0 aromatic carbocycles. The lowest BCUT2D eigenvalue weighted by molar-refractivity contribution is -0.139. The highest BCUT2D eigenvalue weighted by Crippen LogP contribution is 2.09. The third-order valence-electron chi connectivity index (χ3n) is 2.49. The monoisotopic (exact) mass is 216 g/mol. The molecule has 1 aliphatic rings. The minimum absolute atomic E-state index is 0.0530. The summed E-state index contributed by atoms with van der Waals surface area (Å²) in [4.78, 5) is 25.2. The molecule has 0 aromatic heterocycles. The van der Waals surface area contributed by atoms with E-state index in [1.165, 1.54) is 12.0 Å². The molecule has 1 saturated heterocycles. The van der Waals surface area contributed by atoms with Crippen molar-refractivity contribution >= 4 is 12.0 Å². The van der Waals surface area contributed by atoms with Crippen molar-refractivity contribution in [3.8, 4) is 0 Å². The first-order chi connectivity index (χ1) is 7.06. The van der Waals surface area contributed by atoms with Crippen LogP contribution in [0, 0.1) is 0 Å². The number of carbonyl (C=O) groups is 2. The SMILES string of the molecule is COCC(=O)N1CCN(C(=O)O)C[C@@H]1C. The Balaban J connectivity index is 2.52.